The first-order valence-electron chi connectivity index (χ1n) is 11.2. The van der Waals surface area contributed by atoms with Crippen LogP contribution in [-0.4, -0.2) is 60.5 Å². The van der Waals surface area contributed by atoms with Crippen molar-refractivity contribution in [3.05, 3.63) is 35.9 Å². The van der Waals surface area contributed by atoms with E-state index < -0.39 is 0 Å². The van der Waals surface area contributed by atoms with Crippen LogP contribution in [0, 0.1) is 5.41 Å². The Morgan fingerprint density at radius 1 is 1.03 bits per heavy atom. The van der Waals surface area contributed by atoms with Crippen molar-refractivity contribution in [3.63, 3.8) is 0 Å². The molecule has 3 aliphatic heterocycles. The number of amides is 3. The zero-order chi connectivity index (χ0) is 20.1. The largest absolute Gasteiger partial charge is 0.356 e. The fraction of sp³-hybridized carbons (Fsp3) is 0.652. The number of urea groups is 1. The highest BCUT2D eigenvalue weighted by molar-refractivity contribution is 5.76. The van der Waals surface area contributed by atoms with Crippen LogP contribution in [-0.2, 0) is 11.3 Å². The Labute approximate surface area is 174 Å². The van der Waals surface area contributed by atoms with Gasteiger partial charge in [-0.3, -0.25) is 9.69 Å². The first-order valence-corrected chi connectivity index (χ1v) is 11.2. The molecule has 2 N–H and O–H groups in total. The Kier molecular flexibility index (Phi) is 6.38. The molecular formula is C23H34N4O2. The molecule has 29 heavy (non-hydrogen) atoms. The minimum atomic E-state index is 0.101. The monoisotopic (exact) mass is 398 g/mol. The third-order valence-corrected chi connectivity index (χ3v) is 7.14. The second kappa shape index (κ2) is 9.16. The van der Waals surface area contributed by atoms with Crippen molar-refractivity contribution in [1.29, 1.82) is 0 Å². The van der Waals surface area contributed by atoms with Crippen molar-refractivity contribution < 1.29 is 9.59 Å². The quantitative estimate of drug-likeness (QED) is 0.823. The van der Waals surface area contributed by atoms with E-state index >= 15 is 0 Å². The Balaban J connectivity index is 1.19. The van der Waals surface area contributed by atoms with Crippen molar-refractivity contribution in [2.24, 2.45) is 5.41 Å². The van der Waals surface area contributed by atoms with Crippen molar-refractivity contribution in [2.45, 2.75) is 57.5 Å². The smallest absolute Gasteiger partial charge is 0.317 e. The zero-order valence-electron chi connectivity index (χ0n) is 17.4. The van der Waals surface area contributed by atoms with Crippen LogP contribution in [0.4, 0.5) is 4.79 Å². The fourth-order valence-electron chi connectivity index (χ4n) is 5.09. The third kappa shape index (κ3) is 5.30. The number of piperidine rings is 2. The molecule has 1 spiro atoms. The lowest BCUT2D eigenvalue weighted by Crippen LogP contribution is -2.52. The minimum absolute atomic E-state index is 0.101. The molecular weight excluding hydrogens is 364 g/mol. The van der Waals surface area contributed by atoms with Crippen LogP contribution in [0.15, 0.2) is 30.3 Å². The number of hydrogen-bond donors (Lipinski definition) is 2. The number of nitrogens with one attached hydrogen (secondary N) is 2. The van der Waals surface area contributed by atoms with Crippen molar-refractivity contribution in [3.8, 4) is 0 Å². The summed E-state index contributed by atoms with van der Waals surface area (Å²) in [6, 6.07) is 11.0. The van der Waals surface area contributed by atoms with Gasteiger partial charge in [-0.2, -0.15) is 0 Å². The van der Waals surface area contributed by atoms with Gasteiger partial charge in [0.2, 0.25) is 5.91 Å². The van der Waals surface area contributed by atoms with Gasteiger partial charge in [0.05, 0.1) is 0 Å². The van der Waals surface area contributed by atoms with E-state index in [1.54, 1.807) is 0 Å². The van der Waals surface area contributed by atoms with Crippen LogP contribution in [0.5, 0.6) is 0 Å². The Bertz CT molecular complexity index is 692. The average Bonchev–Trinajstić information content (AvgIpc) is 2.92. The third-order valence-electron chi connectivity index (χ3n) is 7.14. The van der Waals surface area contributed by atoms with Crippen LogP contribution in [0.3, 0.4) is 0 Å². The van der Waals surface area contributed by atoms with Crippen molar-refractivity contribution >= 4 is 11.9 Å². The molecule has 6 nitrogen and oxygen atoms in total. The van der Waals surface area contributed by atoms with E-state index in [2.05, 4.69) is 45.9 Å². The molecule has 0 bridgehead atoms. The zero-order valence-corrected chi connectivity index (χ0v) is 17.4. The molecule has 6 heteroatoms. The second-order valence-electron chi connectivity index (χ2n) is 9.07. The van der Waals surface area contributed by atoms with Crippen LogP contribution >= 0.6 is 0 Å². The Morgan fingerprint density at radius 3 is 2.48 bits per heavy atom. The number of benzene rings is 1. The summed E-state index contributed by atoms with van der Waals surface area (Å²) in [5, 5.41) is 6.26. The molecule has 0 aromatic heterocycles. The Hall–Kier alpha value is -2.08. The predicted molar refractivity (Wildman–Crippen MR) is 113 cm³/mol. The second-order valence-corrected chi connectivity index (χ2v) is 9.07. The lowest BCUT2D eigenvalue weighted by molar-refractivity contribution is -0.121. The molecule has 3 heterocycles. The van der Waals surface area contributed by atoms with Crippen LogP contribution in [0.1, 0.15) is 50.5 Å². The van der Waals surface area contributed by atoms with E-state index in [1.807, 2.05) is 4.90 Å². The standard InChI is InChI=1S/C23H34N4O2/c28-21-6-9-23(10-13-24-21)11-16-27(17-12-23)22(29)25-20-7-14-26(15-8-20)18-19-4-2-1-3-5-19/h1-5,20H,6-18H2,(H,24,28)(H,25,29). The van der Waals surface area contributed by atoms with Crippen LogP contribution < -0.4 is 10.6 Å². The molecule has 0 aliphatic carbocycles. The van der Waals surface area contributed by atoms with E-state index in [0.717, 1.165) is 77.8 Å². The minimum Gasteiger partial charge on any atom is -0.356 e. The molecule has 3 fully saturated rings. The van der Waals surface area contributed by atoms with E-state index in [0.29, 0.717) is 6.42 Å². The van der Waals surface area contributed by atoms with Crippen LogP contribution in [0.2, 0.25) is 0 Å². The molecule has 0 atom stereocenters. The fourth-order valence-corrected chi connectivity index (χ4v) is 5.09. The normalized spacial score (nSPS) is 23.4. The van der Waals surface area contributed by atoms with Crippen molar-refractivity contribution in [2.75, 3.05) is 32.7 Å². The summed E-state index contributed by atoms with van der Waals surface area (Å²) in [6.07, 6.45) is 6.72. The highest BCUT2D eigenvalue weighted by Crippen LogP contribution is 2.40. The van der Waals surface area contributed by atoms with Gasteiger partial charge in [0.25, 0.3) is 0 Å². The summed E-state index contributed by atoms with van der Waals surface area (Å²) < 4.78 is 0. The predicted octanol–water partition coefficient (Wildman–Crippen LogP) is 2.74. The first-order chi connectivity index (χ1) is 14.1. The number of carbonyl (C=O) groups is 2. The van der Waals surface area contributed by atoms with Gasteiger partial charge < -0.3 is 15.5 Å². The maximum absolute atomic E-state index is 12.8. The number of carbonyl (C=O) groups excluding carboxylic acids is 2. The summed E-state index contributed by atoms with van der Waals surface area (Å²) in [4.78, 5) is 28.9. The van der Waals surface area contributed by atoms with Gasteiger partial charge in [-0.05, 0) is 49.5 Å². The first kappa shape index (κ1) is 20.2. The number of rotatable bonds is 3. The molecule has 1 aromatic rings. The topological polar surface area (TPSA) is 64.7 Å². The van der Waals surface area contributed by atoms with Crippen LogP contribution in [0.25, 0.3) is 0 Å². The summed E-state index contributed by atoms with van der Waals surface area (Å²) in [6.45, 7) is 5.47. The van der Waals surface area contributed by atoms with Crippen molar-refractivity contribution in [1.82, 2.24) is 20.4 Å². The summed E-state index contributed by atoms with van der Waals surface area (Å²) in [5.41, 5.74) is 1.60. The molecule has 0 unspecified atom stereocenters. The number of likely N-dealkylation sites (tertiary alicyclic amines) is 2. The molecule has 0 saturated carbocycles. The van der Waals surface area contributed by atoms with Gasteiger partial charge in [0.15, 0.2) is 0 Å². The number of nitrogens with zero attached hydrogens (tertiary/aromatic N) is 2. The molecule has 3 amide bonds. The molecule has 1 aromatic carbocycles. The maximum atomic E-state index is 12.8. The SMILES string of the molecule is O=C1CCC2(CCN1)CCN(C(=O)NC1CCN(Cc3ccccc3)CC1)CC2. The van der Waals surface area contributed by atoms with E-state index in [9.17, 15) is 9.59 Å². The van der Waals surface area contributed by atoms with Gasteiger partial charge in [0.1, 0.15) is 0 Å². The highest BCUT2D eigenvalue weighted by Gasteiger charge is 2.37. The molecule has 3 aliphatic rings. The maximum Gasteiger partial charge on any atom is 0.317 e. The van der Waals surface area contributed by atoms with Gasteiger partial charge in [0, 0.05) is 51.7 Å². The van der Waals surface area contributed by atoms with Gasteiger partial charge >= 0.3 is 6.03 Å². The summed E-state index contributed by atoms with van der Waals surface area (Å²) in [5.74, 6) is 0.181. The van der Waals surface area contributed by atoms with E-state index in [-0.39, 0.29) is 23.4 Å². The molecule has 4 rings (SSSR count). The van der Waals surface area contributed by atoms with E-state index in [1.165, 1.54) is 5.56 Å². The summed E-state index contributed by atoms with van der Waals surface area (Å²) in [7, 11) is 0. The number of hydrogen-bond acceptors (Lipinski definition) is 3. The van der Waals surface area contributed by atoms with Gasteiger partial charge in [-0.25, -0.2) is 4.79 Å². The van der Waals surface area contributed by atoms with Gasteiger partial charge in [-0.15, -0.1) is 0 Å². The lowest BCUT2D eigenvalue weighted by atomic mass is 9.73. The molecule has 3 saturated heterocycles. The lowest BCUT2D eigenvalue weighted by Gasteiger charge is -2.42. The van der Waals surface area contributed by atoms with E-state index in [4.69, 9.17) is 0 Å². The Morgan fingerprint density at radius 2 is 1.76 bits per heavy atom. The average molecular weight is 399 g/mol. The summed E-state index contributed by atoms with van der Waals surface area (Å²) >= 11 is 0. The molecule has 158 valence electrons. The highest BCUT2D eigenvalue weighted by atomic mass is 16.2. The molecule has 0 radical (unpaired) electrons. The van der Waals surface area contributed by atoms with Gasteiger partial charge in [-0.1, -0.05) is 30.3 Å².